The number of ether oxygens (including phenoxy) is 1. The second kappa shape index (κ2) is 5.85. The second-order valence-corrected chi connectivity index (χ2v) is 4.51. The van der Waals surface area contributed by atoms with Crippen LogP contribution in [0.15, 0.2) is 30.3 Å². The van der Waals surface area contributed by atoms with Crippen molar-refractivity contribution in [2.24, 2.45) is 0 Å². The van der Waals surface area contributed by atoms with Gasteiger partial charge in [0.25, 0.3) is 0 Å². The highest BCUT2D eigenvalue weighted by atomic mass is 35.5. The van der Waals surface area contributed by atoms with Crippen molar-refractivity contribution in [2.45, 2.75) is 13.3 Å². The lowest BCUT2D eigenvalue weighted by atomic mass is 10.0. The standard InChI is InChI=1S/C15H13ClO3/c1-2-19-15(18)8-13-12-5-3-10(9-17)7-11(12)4-6-14(13)16/h3-7,9H,2,8H2,1H3. The van der Waals surface area contributed by atoms with Crippen molar-refractivity contribution in [3.63, 3.8) is 0 Å². The lowest BCUT2D eigenvalue weighted by Gasteiger charge is -2.09. The van der Waals surface area contributed by atoms with Crippen LogP contribution in [0.25, 0.3) is 10.8 Å². The number of aldehydes is 1. The van der Waals surface area contributed by atoms with Crippen molar-refractivity contribution in [1.82, 2.24) is 0 Å². The topological polar surface area (TPSA) is 43.4 Å². The predicted molar refractivity (Wildman–Crippen MR) is 74.7 cm³/mol. The van der Waals surface area contributed by atoms with Crippen LogP contribution in [-0.4, -0.2) is 18.9 Å². The Morgan fingerprint density at radius 3 is 2.79 bits per heavy atom. The zero-order valence-electron chi connectivity index (χ0n) is 10.5. The van der Waals surface area contributed by atoms with Gasteiger partial charge in [-0.25, -0.2) is 0 Å². The van der Waals surface area contributed by atoms with Gasteiger partial charge in [-0.3, -0.25) is 9.59 Å². The molecule has 2 aromatic rings. The van der Waals surface area contributed by atoms with Gasteiger partial charge in [-0.2, -0.15) is 0 Å². The number of carbonyl (C=O) groups excluding carboxylic acids is 2. The Morgan fingerprint density at radius 1 is 1.32 bits per heavy atom. The number of rotatable bonds is 4. The molecule has 0 aliphatic carbocycles. The SMILES string of the molecule is CCOC(=O)Cc1c(Cl)ccc2cc(C=O)ccc12. The minimum atomic E-state index is -0.309. The molecule has 2 rings (SSSR count). The number of halogens is 1. The van der Waals surface area contributed by atoms with E-state index in [2.05, 4.69) is 0 Å². The molecule has 98 valence electrons. The molecule has 0 fully saturated rings. The van der Waals surface area contributed by atoms with E-state index in [0.29, 0.717) is 17.2 Å². The van der Waals surface area contributed by atoms with Crippen LogP contribution in [-0.2, 0) is 16.0 Å². The third-order valence-electron chi connectivity index (χ3n) is 2.86. The van der Waals surface area contributed by atoms with E-state index in [0.717, 1.165) is 22.6 Å². The molecule has 0 heterocycles. The fourth-order valence-corrected chi connectivity index (χ4v) is 2.23. The molecule has 0 spiro atoms. The van der Waals surface area contributed by atoms with E-state index in [1.165, 1.54) is 0 Å². The third-order valence-corrected chi connectivity index (χ3v) is 3.21. The van der Waals surface area contributed by atoms with Crippen molar-refractivity contribution in [2.75, 3.05) is 6.61 Å². The molecule has 0 atom stereocenters. The van der Waals surface area contributed by atoms with E-state index >= 15 is 0 Å². The van der Waals surface area contributed by atoms with Crippen LogP contribution in [0, 0.1) is 0 Å². The highest BCUT2D eigenvalue weighted by Gasteiger charge is 2.12. The van der Waals surface area contributed by atoms with Crippen molar-refractivity contribution < 1.29 is 14.3 Å². The summed E-state index contributed by atoms with van der Waals surface area (Å²) in [6.45, 7) is 2.11. The van der Waals surface area contributed by atoms with Crippen LogP contribution in [0.2, 0.25) is 5.02 Å². The summed E-state index contributed by atoms with van der Waals surface area (Å²) < 4.78 is 4.94. The summed E-state index contributed by atoms with van der Waals surface area (Å²) in [6, 6.07) is 8.85. The van der Waals surface area contributed by atoms with Gasteiger partial charge in [0.2, 0.25) is 0 Å². The summed E-state index contributed by atoms with van der Waals surface area (Å²) in [5.41, 5.74) is 1.33. The maximum atomic E-state index is 11.6. The lowest BCUT2D eigenvalue weighted by Crippen LogP contribution is -2.08. The van der Waals surface area contributed by atoms with Crippen molar-refractivity contribution >= 4 is 34.6 Å². The summed E-state index contributed by atoms with van der Waals surface area (Å²) in [6.07, 6.45) is 0.920. The Balaban J connectivity index is 2.49. The molecule has 3 nitrogen and oxygen atoms in total. The number of carbonyl (C=O) groups is 2. The minimum absolute atomic E-state index is 0.129. The van der Waals surface area contributed by atoms with E-state index in [9.17, 15) is 9.59 Å². The molecule has 0 aromatic heterocycles. The first-order valence-electron chi connectivity index (χ1n) is 5.97. The molecule has 0 radical (unpaired) electrons. The predicted octanol–water partition coefficient (Wildman–Crippen LogP) is 3.41. The zero-order valence-corrected chi connectivity index (χ0v) is 11.2. The molecule has 0 N–H and O–H groups in total. The van der Waals surface area contributed by atoms with Gasteiger partial charge in [-0.1, -0.05) is 29.8 Å². The molecule has 0 unspecified atom stereocenters. The molecule has 2 aromatic carbocycles. The van der Waals surface area contributed by atoms with Gasteiger partial charge in [0.05, 0.1) is 13.0 Å². The number of hydrogen-bond acceptors (Lipinski definition) is 3. The third kappa shape index (κ3) is 2.93. The fraction of sp³-hybridized carbons (Fsp3) is 0.200. The highest BCUT2D eigenvalue weighted by Crippen LogP contribution is 2.27. The lowest BCUT2D eigenvalue weighted by molar-refractivity contribution is -0.142. The van der Waals surface area contributed by atoms with Crippen LogP contribution in [0.1, 0.15) is 22.8 Å². The molecule has 0 aliphatic heterocycles. The smallest absolute Gasteiger partial charge is 0.310 e. The van der Waals surface area contributed by atoms with E-state index in [4.69, 9.17) is 16.3 Å². The Morgan fingerprint density at radius 2 is 2.11 bits per heavy atom. The normalized spacial score (nSPS) is 10.4. The van der Waals surface area contributed by atoms with Gasteiger partial charge < -0.3 is 4.74 Å². The molecule has 0 saturated carbocycles. The molecular weight excluding hydrogens is 264 g/mol. The quantitative estimate of drug-likeness (QED) is 0.635. The number of esters is 1. The first-order valence-corrected chi connectivity index (χ1v) is 6.35. The average Bonchev–Trinajstić information content (AvgIpc) is 2.41. The molecule has 19 heavy (non-hydrogen) atoms. The molecule has 0 amide bonds. The summed E-state index contributed by atoms with van der Waals surface area (Å²) in [7, 11) is 0. The fourth-order valence-electron chi connectivity index (χ4n) is 2.00. The number of benzene rings is 2. The van der Waals surface area contributed by atoms with E-state index < -0.39 is 0 Å². The zero-order chi connectivity index (χ0) is 13.8. The number of hydrogen-bond donors (Lipinski definition) is 0. The Hall–Kier alpha value is -1.87. The van der Waals surface area contributed by atoms with Crippen LogP contribution < -0.4 is 0 Å². The van der Waals surface area contributed by atoms with Gasteiger partial charge in [-0.15, -0.1) is 0 Å². The van der Waals surface area contributed by atoms with Crippen LogP contribution >= 0.6 is 11.6 Å². The van der Waals surface area contributed by atoms with Crippen molar-refractivity contribution in [3.05, 3.63) is 46.5 Å². The van der Waals surface area contributed by atoms with Crippen molar-refractivity contribution in [1.29, 1.82) is 0 Å². The first kappa shape index (κ1) is 13.6. The van der Waals surface area contributed by atoms with E-state index in [1.54, 1.807) is 31.2 Å². The Labute approximate surface area is 116 Å². The molecule has 0 bridgehead atoms. The number of fused-ring (bicyclic) bond motifs is 1. The van der Waals surface area contributed by atoms with Crippen LogP contribution in [0.3, 0.4) is 0 Å². The average molecular weight is 277 g/mol. The summed E-state index contributed by atoms with van der Waals surface area (Å²) in [4.78, 5) is 22.4. The molecule has 4 heteroatoms. The highest BCUT2D eigenvalue weighted by molar-refractivity contribution is 6.32. The van der Waals surface area contributed by atoms with E-state index in [-0.39, 0.29) is 12.4 Å². The van der Waals surface area contributed by atoms with Gasteiger partial charge in [0.1, 0.15) is 6.29 Å². The maximum absolute atomic E-state index is 11.6. The largest absolute Gasteiger partial charge is 0.466 e. The minimum Gasteiger partial charge on any atom is -0.466 e. The maximum Gasteiger partial charge on any atom is 0.310 e. The monoisotopic (exact) mass is 276 g/mol. The van der Waals surface area contributed by atoms with Crippen molar-refractivity contribution in [3.8, 4) is 0 Å². The van der Waals surface area contributed by atoms with Crippen LogP contribution in [0.4, 0.5) is 0 Å². The Bertz CT molecular complexity index is 635. The first-order chi connectivity index (χ1) is 9.15. The Kier molecular flexibility index (Phi) is 4.17. The van der Waals surface area contributed by atoms with Gasteiger partial charge in [0.15, 0.2) is 0 Å². The van der Waals surface area contributed by atoms with Gasteiger partial charge >= 0.3 is 5.97 Å². The van der Waals surface area contributed by atoms with Crippen LogP contribution in [0.5, 0.6) is 0 Å². The molecule has 0 aliphatic rings. The second-order valence-electron chi connectivity index (χ2n) is 4.11. The summed E-state index contributed by atoms with van der Waals surface area (Å²) in [5, 5.41) is 2.28. The van der Waals surface area contributed by atoms with Gasteiger partial charge in [-0.05, 0) is 35.4 Å². The summed E-state index contributed by atoms with van der Waals surface area (Å²) >= 11 is 6.14. The van der Waals surface area contributed by atoms with E-state index in [1.807, 2.05) is 6.07 Å². The summed E-state index contributed by atoms with van der Waals surface area (Å²) in [5.74, 6) is -0.309. The molecular formula is C15H13ClO3. The molecule has 0 saturated heterocycles. The van der Waals surface area contributed by atoms with Gasteiger partial charge in [0, 0.05) is 10.6 Å².